The van der Waals surface area contributed by atoms with Crippen molar-refractivity contribution >= 4 is 17.8 Å². The van der Waals surface area contributed by atoms with Gasteiger partial charge in [-0.15, -0.1) is 0 Å². The fourth-order valence-corrected chi connectivity index (χ4v) is 6.33. The van der Waals surface area contributed by atoms with Crippen molar-refractivity contribution in [2.75, 3.05) is 34.5 Å². The van der Waals surface area contributed by atoms with Crippen LogP contribution in [0.1, 0.15) is 50.5 Å². The number of carbonyl (C=O) groups is 2. The second-order valence-corrected chi connectivity index (χ2v) is 11.1. The highest BCUT2D eigenvalue weighted by atomic mass is 16.5. The number of rotatable bonds is 9. The summed E-state index contributed by atoms with van der Waals surface area (Å²) in [6, 6.07) is 20.7. The highest BCUT2D eigenvalue weighted by Gasteiger charge is 2.39. The Balaban J connectivity index is 1.20. The number of allylic oxidation sites excluding steroid dienone is 1. The first-order valence-electron chi connectivity index (χ1n) is 15.1. The van der Waals surface area contributed by atoms with Crippen LogP contribution in [-0.2, 0) is 17.6 Å². The van der Waals surface area contributed by atoms with Gasteiger partial charge in [0.05, 0.1) is 46.5 Å². The maximum absolute atomic E-state index is 13.7. The first kappa shape index (κ1) is 29.3. The predicted molar refractivity (Wildman–Crippen MR) is 169 cm³/mol. The van der Waals surface area contributed by atoms with Crippen LogP contribution in [0.5, 0.6) is 40.2 Å². The summed E-state index contributed by atoms with van der Waals surface area (Å²) in [7, 11) is 4.57. The van der Waals surface area contributed by atoms with Crippen molar-refractivity contribution in [2.24, 2.45) is 0 Å². The zero-order chi connectivity index (χ0) is 31.8. The van der Waals surface area contributed by atoms with E-state index >= 15 is 0 Å². The van der Waals surface area contributed by atoms with Crippen molar-refractivity contribution in [1.82, 2.24) is 0 Å². The van der Waals surface area contributed by atoms with E-state index in [0.29, 0.717) is 70.8 Å². The van der Waals surface area contributed by atoms with Crippen molar-refractivity contribution in [3.8, 4) is 40.2 Å². The topological polar surface area (TPSA) is 98.8 Å². The van der Waals surface area contributed by atoms with Gasteiger partial charge in [0, 0.05) is 35.4 Å². The molecule has 4 aromatic carbocycles. The van der Waals surface area contributed by atoms with E-state index in [0.717, 1.165) is 17.7 Å². The van der Waals surface area contributed by atoms with Crippen LogP contribution in [0.2, 0.25) is 0 Å². The first-order chi connectivity index (χ1) is 22.5. The minimum atomic E-state index is -0.456. The van der Waals surface area contributed by atoms with Crippen LogP contribution >= 0.6 is 0 Å². The highest BCUT2D eigenvalue weighted by Crippen LogP contribution is 2.51. The van der Waals surface area contributed by atoms with Crippen LogP contribution in [0.15, 0.2) is 72.5 Å². The van der Waals surface area contributed by atoms with Gasteiger partial charge in [-0.05, 0) is 53.6 Å². The minimum absolute atomic E-state index is 0.0642. The van der Waals surface area contributed by atoms with Gasteiger partial charge in [-0.1, -0.05) is 30.3 Å². The average Bonchev–Trinajstić information content (AvgIpc) is 3.67. The van der Waals surface area contributed by atoms with E-state index in [1.165, 1.54) is 32.5 Å². The lowest BCUT2D eigenvalue weighted by Crippen LogP contribution is -2.22. The van der Waals surface area contributed by atoms with Gasteiger partial charge in [-0.2, -0.15) is 0 Å². The molecule has 46 heavy (non-hydrogen) atoms. The quantitative estimate of drug-likeness (QED) is 0.121. The Morgan fingerprint density at radius 1 is 0.848 bits per heavy atom. The molecule has 0 N–H and O–H groups in total. The number of methoxy groups -OCH3 is 3. The van der Waals surface area contributed by atoms with E-state index in [1.54, 1.807) is 30.3 Å². The molecule has 234 valence electrons. The number of Topliss-reactive ketones (excluding diaryl/α,β-unsaturated/α-hetero) is 1. The normalized spacial score (nSPS) is 16.9. The Labute approximate surface area is 266 Å². The molecule has 0 amide bonds. The monoisotopic (exact) mass is 620 g/mol. The molecule has 0 spiro atoms. The van der Waals surface area contributed by atoms with E-state index in [2.05, 4.69) is 12.1 Å². The second kappa shape index (κ2) is 12.2. The van der Waals surface area contributed by atoms with Crippen LogP contribution in [0, 0.1) is 0 Å². The number of esters is 1. The van der Waals surface area contributed by atoms with Gasteiger partial charge in [-0.3, -0.25) is 9.59 Å². The summed E-state index contributed by atoms with van der Waals surface area (Å²) in [6.07, 6.45) is 3.31. The van der Waals surface area contributed by atoms with Crippen molar-refractivity contribution in [3.63, 3.8) is 0 Å². The molecule has 3 heterocycles. The molecule has 9 heteroatoms. The lowest BCUT2D eigenvalue weighted by Gasteiger charge is -2.27. The molecule has 4 aromatic rings. The van der Waals surface area contributed by atoms with Gasteiger partial charge in [0.25, 0.3) is 0 Å². The molecule has 0 radical (unpaired) electrons. The smallest absolute Gasteiger partial charge is 0.312 e. The lowest BCUT2D eigenvalue weighted by atomic mass is 9.84. The molecule has 3 aliphatic heterocycles. The van der Waals surface area contributed by atoms with E-state index in [-0.39, 0.29) is 23.9 Å². The van der Waals surface area contributed by atoms with E-state index < -0.39 is 5.92 Å². The summed E-state index contributed by atoms with van der Waals surface area (Å²) in [5.41, 5.74) is 4.78. The molecule has 0 aromatic heterocycles. The molecule has 0 saturated carbocycles. The van der Waals surface area contributed by atoms with Gasteiger partial charge >= 0.3 is 5.97 Å². The molecule has 3 aliphatic rings. The fourth-order valence-electron chi connectivity index (χ4n) is 6.33. The van der Waals surface area contributed by atoms with Crippen molar-refractivity contribution < 1.29 is 42.7 Å². The minimum Gasteiger partial charge on any atom is -0.493 e. The van der Waals surface area contributed by atoms with Crippen LogP contribution < -0.4 is 33.2 Å². The van der Waals surface area contributed by atoms with Crippen LogP contribution in [-0.4, -0.2) is 46.3 Å². The lowest BCUT2D eigenvalue weighted by molar-refractivity contribution is -0.135. The molecular formula is C37H32O9. The number of benzene rings is 4. The SMILES string of the molecule is COc1ccc(/C=C2\Oc3c(ccc4c3[C@H](c3ccccc3OCCc3ccc5c(c3)CCO5)CC(=O)O4)C2=O)c(OC)c1OC. The van der Waals surface area contributed by atoms with Gasteiger partial charge in [-0.25, -0.2) is 0 Å². The second-order valence-electron chi connectivity index (χ2n) is 11.1. The van der Waals surface area contributed by atoms with Crippen LogP contribution in [0.3, 0.4) is 0 Å². The van der Waals surface area contributed by atoms with Gasteiger partial charge in [0.2, 0.25) is 11.5 Å². The summed E-state index contributed by atoms with van der Waals surface area (Å²) >= 11 is 0. The average molecular weight is 621 g/mol. The molecule has 1 atom stereocenters. The predicted octanol–water partition coefficient (Wildman–Crippen LogP) is 6.33. The fraction of sp³-hybridized carbons (Fsp3) is 0.243. The number of hydrogen-bond donors (Lipinski definition) is 0. The molecule has 7 rings (SSSR count). The number of para-hydroxylation sites is 1. The summed E-state index contributed by atoms with van der Waals surface area (Å²) in [4.78, 5) is 26.5. The summed E-state index contributed by atoms with van der Waals surface area (Å²) < 4.78 is 40.4. The zero-order valence-corrected chi connectivity index (χ0v) is 25.7. The Bertz CT molecular complexity index is 1890. The third-order valence-corrected chi connectivity index (χ3v) is 8.50. The number of carbonyl (C=O) groups excluding carboxylic acids is 2. The summed E-state index contributed by atoms with van der Waals surface area (Å²) in [5, 5.41) is 0. The molecule has 9 nitrogen and oxygen atoms in total. The number of ether oxygens (including phenoxy) is 7. The Morgan fingerprint density at radius 2 is 1.67 bits per heavy atom. The largest absolute Gasteiger partial charge is 0.493 e. The summed E-state index contributed by atoms with van der Waals surface area (Å²) in [5.74, 6) is 2.59. The number of ketones is 1. The molecular weight excluding hydrogens is 588 g/mol. The Kier molecular flexibility index (Phi) is 7.74. The van der Waals surface area contributed by atoms with Crippen LogP contribution in [0.4, 0.5) is 0 Å². The Morgan fingerprint density at radius 3 is 2.50 bits per heavy atom. The Hall–Kier alpha value is -5.44. The van der Waals surface area contributed by atoms with E-state index in [1.807, 2.05) is 30.3 Å². The van der Waals surface area contributed by atoms with Gasteiger partial charge in [0.15, 0.2) is 17.3 Å². The zero-order valence-electron chi connectivity index (χ0n) is 25.7. The van der Waals surface area contributed by atoms with E-state index in [9.17, 15) is 9.59 Å². The number of hydrogen-bond acceptors (Lipinski definition) is 9. The highest BCUT2D eigenvalue weighted by molar-refractivity contribution is 6.15. The maximum atomic E-state index is 13.7. The van der Waals surface area contributed by atoms with Crippen LogP contribution in [0.25, 0.3) is 6.08 Å². The third-order valence-electron chi connectivity index (χ3n) is 8.50. The van der Waals surface area contributed by atoms with Crippen molar-refractivity contribution in [1.29, 1.82) is 0 Å². The molecule has 0 saturated heterocycles. The molecule has 0 aliphatic carbocycles. The van der Waals surface area contributed by atoms with Gasteiger partial charge in [0.1, 0.15) is 23.0 Å². The van der Waals surface area contributed by atoms with E-state index in [4.69, 9.17) is 33.2 Å². The molecule has 0 unspecified atom stereocenters. The maximum Gasteiger partial charge on any atom is 0.312 e. The first-order valence-corrected chi connectivity index (χ1v) is 15.1. The summed E-state index contributed by atoms with van der Waals surface area (Å²) in [6.45, 7) is 1.16. The van der Waals surface area contributed by atoms with Crippen molar-refractivity contribution in [3.05, 3.63) is 106 Å². The van der Waals surface area contributed by atoms with Crippen molar-refractivity contribution in [2.45, 2.75) is 25.2 Å². The van der Waals surface area contributed by atoms with Gasteiger partial charge < -0.3 is 33.2 Å². The standard InChI is InChI=1S/C37H32O9/c1-40-30-12-9-23(35(41-2)37(30)42-3)19-31-34(39)25-10-13-29-33(36(25)46-31)26(20-32(38)45-29)24-6-4-5-7-28(24)44-16-14-21-8-11-27-22(18-21)15-17-43-27/h4-13,18-19,26H,14-17,20H2,1-3H3/b31-19-/t26-/m0/s1. The number of fused-ring (bicyclic) bond motifs is 4. The third kappa shape index (κ3) is 5.17. The molecule has 0 bridgehead atoms. The molecule has 0 fully saturated rings.